The van der Waals surface area contributed by atoms with E-state index in [1.54, 1.807) is 12.1 Å². The summed E-state index contributed by atoms with van der Waals surface area (Å²) in [6.07, 6.45) is 2.44. The van der Waals surface area contributed by atoms with Crippen molar-refractivity contribution in [2.75, 3.05) is 13.1 Å². The number of amides is 1. The van der Waals surface area contributed by atoms with E-state index < -0.39 is 12.5 Å². The van der Waals surface area contributed by atoms with Gasteiger partial charge in [-0.15, -0.1) is 0 Å². The molecular weight excluding hydrogens is 338 g/mol. The van der Waals surface area contributed by atoms with Crippen LogP contribution in [0.25, 0.3) is 0 Å². The van der Waals surface area contributed by atoms with Gasteiger partial charge in [0.2, 0.25) is 0 Å². The van der Waals surface area contributed by atoms with Crippen molar-refractivity contribution in [1.82, 2.24) is 10.2 Å². The Morgan fingerprint density at radius 2 is 1.69 bits per heavy atom. The van der Waals surface area contributed by atoms with E-state index in [4.69, 9.17) is 0 Å². The summed E-state index contributed by atoms with van der Waals surface area (Å²) in [4.78, 5) is 14.8. The fourth-order valence-electron chi connectivity index (χ4n) is 3.19. The number of rotatable bonds is 7. The van der Waals surface area contributed by atoms with Crippen molar-refractivity contribution in [3.8, 4) is 5.75 Å². The third kappa shape index (κ3) is 4.79. The van der Waals surface area contributed by atoms with Crippen molar-refractivity contribution in [2.45, 2.75) is 32.5 Å². The first-order valence-electron chi connectivity index (χ1n) is 8.74. The summed E-state index contributed by atoms with van der Waals surface area (Å²) in [5.74, 6) is -0.553. The molecule has 1 amide bonds. The van der Waals surface area contributed by atoms with Gasteiger partial charge in [0.1, 0.15) is 5.75 Å². The Labute approximate surface area is 151 Å². The van der Waals surface area contributed by atoms with Crippen molar-refractivity contribution < 1.29 is 18.3 Å². The van der Waals surface area contributed by atoms with Crippen molar-refractivity contribution in [3.05, 3.63) is 65.2 Å². The number of hydrogen-bond donors (Lipinski definition) is 1. The molecule has 1 saturated heterocycles. The molecule has 0 aromatic heterocycles. The Balaban J connectivity index is 1.67. The zero-order valence-corrected chi connectivity index (χ0v) is 14.5. The van der Waals surface area contributed by atoms with Crippen LogP contribution in [0.5, 0.6) is 5.75 Å². The number of nitrogens with one attached hydrogen (secondary N) is 1. The van der Waals surface area contributed by atoms with Crippen molar-refractivity contribution in [1.29, 1.82) is 0 Å². The Morgan fingerprint density at radius 3 is 2.42 bits per heavy atom. The molecule has 0 unspecified atom stereocenters. The highest BCUT2D eigenvalue weighted by Crippen LogP contribution is 2.21. The highest BCUT2D eigenvalue weighted by Gasteiger charge is 2.16. The highest BCUT2D eigenvalue weighted by molar-refractivity contribution is 5.96. The van der Waals surface area contributed by atoms with Crippen molar-refractivity contribution in [3.63, 3.8) is 0 Å². The van der Waals surface area contributed by atoms with Gasteiger partial charge in [0, 0.05) is 13.1 Å². The summed E-state index contributed by atoms with van der Waals surface area (Å²) in [7, 11) is 0. The van der Waals surface area contributed by atoms with E-state index in [-0.39, 0.29) is 11.3 Å². The van der Waals surface area contributed by atoms with E-state index in [1.807, 2.05) is 18.2 Å². The summed E-state index contributed by atoms with van der Waals surface area (Å²) in [5.41, 5.74) is 2.30. The lowest BCUT2D eigenvalue weighted by molar-refractivity contribution is -0.0501. The third-order valence-corrected chi connectivity index (χ3v) is 4.50. The van der Waals surface area contributed by atoms with Crippen LogP contribution in [0.1, 0.15) is 34.3 Å². The summed E-state index contributed by atoms with van der Waals surface area (Å²) < 4.78 is 29.4. The Hall–Kier alpha value is -2.47. The number of alkyl halides is 2. The van der Waals surface area contributed by atoms with E-state index in [2.05, 4.69) is 21.0 Å². The fourth-order valence-corrected chi connectivity index (χ4v) is 3.19. The van der Waals surface area contributed by atoms with E-state index in [0.717, 1.165) is 25.2 Å². The molecule has 4 nitrogen and oxygen atoms in total. The maximum atomic E-state index is 12.5. The van der Waals surface area contributed by atoms with Gasteiger partial charge in [-0.3, -0.25) is 9.69 Å². The molecule has 1 aliphatic heterocycles. The summed E-state index contributed by atoms with van der Waals surface area (Å²) in [5, 5.41) is 2.81. The molecule has 2 aromatic rings. The smallest absolute Gasteiger partial charge is 0.387 e. The Bertz CT molecular complexity index is 746. The van der Waals surface area contributed by atoms with E-state index >= 15 is 0 Å². The first-order valence-corrected chi connectivity index (χ1v) is 8.74. The minimum Gasteiger partial charge on any atom is -0.434 e. The molecule has 1 aliphatic rings. The largest absolute Gasteiger partial charge is 0.434 e. The molecule has 0 spiro atoms. The second kappa shape index (κ2) is 8.76. The quantitative estimate of drug-likeness (QED) is 0.816. The number of nitrogens with zero attached hydrogens (tertiary/aromatic N) is 1. The van der Waals surface area contributed by atoms with Crippen LogP contribution < -0.4 is 10.1 Å². The van der Waals surface area contributed by atoms with Crippen LogP contribution in [0.15, 0.2) is 48.5 Å². The second-order valence-corrected chi connectivity index (χ2v) is 6.31. The molecular formula is C20H22F2N2O2. The second-order valence-electron chi connectivity index (χ2n) is 6.31. The SMILES string of the molecule is O=C(NCc1ccccc1CN1CCCC1)c1ccccc1OC(F)F. The summed E-state index contributed by atoms with van der Waals surface area (Å²) in [6.45, 7) is 0.422. The number of para-hydroxylation sites is 1. The molecule has 26 heavy (non-hydrogen) atoms. The van der Waals surface area contributed by atoms with E-state index in [1.165, 1.54) is 30.5 Å². The average molecular weight is 360 g/mol. The van der Waals surface area contributed by atoms with Crippen LogP contribution in [-0.4, -0.2) is 30.5 Å². The summed E-state index contributed by atoms with van der Waals surface area (Å²) in [6, 6.07) is 14.0. The van der Waals surface area contributed by atoms with Gasteiger partial charge < -0.3 is 10.1 Å². The minimum absolute atomic E-state index is 0.102. The number of carbonyl (C=O) groups excluding carboxylic acids is 1. The third-order valence-electron chi connectivity index (χ3n) is 4.50. The standard InChI is InChI=1S/C20H22F2N2O2/c21-20(22)26-18-10-4-3-9-17(18)19(25)23-13-15-7-1-2-8-16(15)14-24-11-5-6-12-24/h1-4,7-10,20H,5-6,11-14H2,(H,23,25). The zero-order valence-electron chi connectivity index (χ0n) is 14.5. The molecule has 2 aromatic carbocycles. The molecule has 0 aliphatic carbocycles. The maximum absolute atomic E-state index is 12.5. The molecule has 1 fully saturated rings. The molecule has 138 valence electrons. The number of hydrogen-bond acceptors (Lipinski definition) is 3. The number of likely N-dealkylation sites (tertiary alicyclic amines) is 1. The van der Waals surface area contributed by atoms with E-state index in [0.29, 0.717) is 6.54 Å². The first kappa shape index (κ1) is 18.3. The van der Waals surface area contributed by atoms with Crippen LogP contribution in [0, 0.1) is 0 Å². The first-order chi connectivity index (χ1) is 12.6. The predicted molar refractivity (Wildman–Crippen MR) is 95.2 cm³/mol. The van der Waals surface area contributed by atoms with E-state index in [9.17, 15) is 13.6 Å². The van der Waals surface area contributed by atoms with Gasteiger partial charge in [0.15, 0.2) is 0 Å². The molecule has 1 heterocycles. The van der Waals surface area contributed by atoms with Gasteiger partial charge >= 0.3 is 6.61 Å². The lowest BCUT2D eigenvalue weighted by Gasteiger charge is -2.18. The normalized spacial score (nSPS) is 14.6. The van der Waals surface area contributed by atoms with Gasteiger partial charge in [-0.2, -0.15) is 8.78 Å². The Kier molecular flexibility index (Phi) is 6.17. The highest BCUT2D eigenvalue weighted by atomic mass is 19.3. The fraction of sp³-hybridized carbons (Fsp3) is 0.350. The molecule has 6 heteroatoms. The van der Waals surface area contributed by atoms with Gasteiger partial charge in [0.25, 0.3) is 5.91 Å². The van der Waals surface area contributed by atoms with Gasteiger partial charge in [-0.1, -0.05) is 36.4 Å². The van der Waals surface area contributed by atoms with Gasteiger partial charge in [0.05, 0.1) is 5.56 Å². The molecule has 3 rings (SSSR count). The number of halogens is 2. The molecule has 0 saturated carbocycles. The Morgan fingerprint density at radius 1 is 1.04 bits per heavy atom. The van der Waals surface area contributed by atoms with Gasteiger partial charge in [-0.05, 0) is 49.2 Å². The number of benzene rings is 2. The number of carbonyl (C=O) groups is 1. The molecule has 1 N–H and O–H groups in total. The monoisotopic (exact) mass is 360 g/mol. The van der Waals surface area contributed by atoms with Gasteiger partial charge in [-0.25, -0.2) is 0 Å². The predicted octanol–water partition coefficient (Wildman–Crippen LogP) is 3.81. The lowest BCUT2D eigenvalue weighted by Crippen LogP contribution is -2.25. The van der Waals surface area contributed by atoms with Crippen LogP contribution in [-0.2, 0) is 13.1 Å². The van der Waals surface area contributed by atoms with Crippen LogP contribution in [0.2, 0.25) is 0 Å². The topological polar surface area (TPSA) is 41.6 Å². The minimum atomic E-state index is -2.97. The summed E-state index contributed by atoms with van der Waals surface area (Å²) >= 11 is 0. The molecule has 0 atom stereocenters. The zero-order chi connectivity index (χ0) is 18.4. The molecule has 0 bridgehead atoms. The van der Waals surface area contributed by atoms with Crippen LogP contribution >= 0.6 is 0 Å². The molecule has 0 radical (unpaired) electrons. The van der Waals surface area contributed by atoms with Crippen LogP contribution in [0.3, 0.4) is 0 Å². The van der Waals surface area contributed by atoms with Crippen LogP contribution in [0.4, 0.5) is 8.78 Å². The maximum Gasteiger partial charge on any atom is 0.387 e. The lowest BCUT2D eigenvalue weighted by atomic mass is 10.1. The number of ether oxygens (including phenoxy) is 1. The van der Waals surface area contributed by atoms with Crippen molar-refractivity contribution >= 4 is 5.91 Å². The average Bonchev–Trinajstić information content (AvgIpc) is 3.14. The van der Waals surface area contributed by atoms with Crippen molar-refractivity contribution in [2.24, 2.45) is 0 Å².